The lowest BCUT2D eigenvalue weighted by molar-refractivity contribution is -0.136. The first-order valence-corrected chi connectivity index (χ1v) is 7.20. The average Bonchev–Trinajstić information content (AvgIpc) is 3.05. The first kappa shape index (κ1) is 13.5. The van der Waals surface area contributed by atoms with Crippen LogP contribution in [-0.4, -0.2) is 25.6 Å². The van der Waals surface area contributed by atoms with E-state index in [1.807, 2.05) is 41.9 Å². The fourth-order valence-corrected chi connectivity index (χ4v) is 3.23. The maximum Gasteiger partial charge on any atom is 0.308 e. The van der Waals surface area contributed by atoms with Gasteiger partial charge in [0.25, 0.3) is 0 Å². The Kier molecular flexibility index (Phi) is 3.53. The molecule has 3 aromatic rings. The molecule has 2 aromatic heterocycles. The molecule has 21 heavy (non-hydrogen) atoms. The Labute approximate surface area is 125 Å². The second-order valence-electron chi connectivity index (χ2n) is 4.62. The van der Waals surface area contributed by atoms with E-state index in [9.17, 15) is 4.79 Å². The minimum atomic E-state index is -0.854. The summed E-state index contributed by atoms with van der Waals surface area (Å²) >= 11 is 1.40. The minimum Gasteiger partial charge on any atom is -0.481 e. The number of aromatic nitrogens is 3. The summed E-state index contributed by atoms with van der Waals surface area (Å²) < 4.78 is 1.87. The Morgan fingerprint density at radius 1 is 1.33 bits per heavy atom. The van der Waals surface area contributed by atoms with Gasteiger partial charge in [0.05, 0.1) is 30.3 Å². The van der Waals surface area contributed by atoms with Crippen molar-refractivity contribution in [3.8, 4) is 22.0 Å². The van der Waals surface area contributed by atoms with E-state index in [1.165, 1.54) is 11.3 Å². The van der Waals surface area contributed by atoms with Gasteiger partial charge in [0.15, 0.2) is 0 Å². The summed E-state index contributed by atoms with van der Waals surface area (Å²) in [4.78, 5) is 20.5. The first-order valence-electron chi connectivity index (χ1n) is 6.39. The Morgan fingerprint density at radius 2 is 2.10 bits per heavy atom. The van der Waals surface area contributed by atoms with E-state index in [-0.39, 0.29) is 6.42 Å². The fourth-order valence-electron chi connectivity index (χ4n) is 2.10. The van der Waals surface area contributed by atoms with Gasteiger partial charge >= 0.3 is 5.97 Å². The van der Waals surface area contributed by atoms with Crippen LogP contribution in [0.2, 0.25) is 0 Å². The van der Waals surface area contributed by atoms with E-state index >= 15 is 0 Å². The van der Waals surface area contributed by atoms with Crippen molar-refractivity contribution < 1.29 is 9.90 Å². The lowest BCUT2D eigenvalue weighted by Gasteiger charge is -1.99. The number of carboxylic acid groups (broad SMARTS) is 1. The summed E-state index contributed by atoms with van der Waals surface area (Å²) in [6.07, 6.45) is 3.41. The molecule has 5 nitrogen and oxygen atoms in total. The van der Waals surface area contributed by atoms with Crippen molar-refractivity contribution in [3.05, 3.63) is 47.7 Å². The highest BCUT2D eigenvalue weighted by Gasteiger charge is 2.17. The molecule has 0 radical (unpaired) electrons. The fraction of sp³-hybridized carbons (Fsp3) is 0.133. The molecule has 106 valence electrons. The van der Waals surface area contributed by atoms with Gasteiger partial charge in [0.2, 0.25) is 0 Å². The zero-order valence-corrected chi connectivity index (χ0v) is 12.2. The molecular formula is C15H13N3O2S. The number of carboxylic acids is 1. The summed E-state index contributed by atoms with van der Waals surface area (Å²) in [5.41, 5.74) is 2.55. The Bertz CT molecular complexity index is 777. The molecule has 0 atom stereocenters. The highest BCUT2D eigenvalue weighted by Crippen LogP contribution is 2.33. The standard InChI is InChI=1S/C15H13N3O2S/c1-18-9-16-8-11(18)15-17-14(10-5-3-2-4-6-10)12(21-15)7-13(19)20/h2-6,8-9H,7H2,1H3,(H,19,20). The first-order chi connectivity index (χ1) is 10.1. The van der Waals surface area contributed by atoms with Crippen molar-refractivity contribution >= 4 is 17.3 Å². The highest BCUT2D eigenvalue weighted by molar-refractivity contribution is 7.15. The van der Waals surface area contributed by atoms with Crippen LogP contribution in [0.4, 0.5) is 0 Å². The third kappa shape index (κ3) is 2.71. The summed E-state index contributed by atoms with van der Waals surface area (Å²) in [5, 5.41) is 9.88. The highest BCUT2D eigenvalue weighted by atomic mass is 32.1. The van der Waals surface area contributed by atoms with Crippen LogP contribution >= 0.6 is 11.3 Å². The molecule has 1 aromatic carbocycles. The predicted molar refractivity (Wildman–Crippen MR) is 81.1 cm³/mol. The van der Waals surface area contributed by atoms with Gasteiger partial charge in [-0.25, -0.2) is 9.97 Å². The number of aliphatic carboxylic acids is 1. The number of aryl methyl sites for hydroxylation is 1. The largest absolute Gasteiger partial charge is 0.481 e. The molecular weight excluding hydrogens is 286 g/mol. The molecule has 0 saturated heterocycles. The van der Waals surface area contributed by atoms with Crippen molar-refractivity contribution in [2.75, 3.05) is 0 Å². The van der Waals surface area contributed by atoms with Gasteiger partial charge in [0, 0.05) is 17.5 Å². The molecule has 0 spiro atoms. The van der Waals surface area contributed by atoms with Crippen LogP contribution in [0.3, 0.4) is 0 Å². The van der Waals surface area contributed by atoms with Crippen LogP contribution in [-0.2, 0) is 18.3 Å². The van der Waals surface area contributed by atoms with Crippen LogP contribution in [0.15, 0.2) is 42.9 Å². The topological polar surface area (TPSA) is 68.0 Å². The number of rotatable bonds is 4. The molecule has 2 heterocycles. The van der Waals surface area contributed by atoms with E-state index in [2.05, 4.69) is 9.97 Å². The van der Waals surface area contributed by atoms with Crippen molar-refractivity contribution in [2.24, 2.45) is 7.05 Å². The molecule has 0 saturated carbocycles. The van der Waals surface area contributed by atoms with E-state index < -0.39 is 5.97 Å². The summed E-state index contributed by atoms with van der Waals surface area (Å²) in [6.45, 7) is 0. The van der Waals surface area contributed by atoms with Crippen molar-refractivity contribution in [1.29, 1.82) is 0 Å². The number of carbonyl (C=O) groups is 1. The van der Waals surface area contributed by atoms with Gasteiger partial charge in [-0.3, -0.25) is 4.79 Å². The quantitative estimate of drug-likeness (QED) is 0.804. The zero-order valence-electron chi connectivity index (χ0n) is 11.4. The van der Waals surface area contributed by atoms with Gasteiger partial charge in [-0.05, 0) is 0 Å². The Balaban J connectivity index is 2.12. The molecule has 0 aliphatic rings. The molecule has 0 aliphatic heterocycles. The number of hydrogen-bond acceptors (Lipinski definition) is 4. The van der Waals surface area contributed by atoms with Gasteiger partial charge < -0.3 is 9.67 Å². The number of imidazole rings is 1. The lowest BCUT2D eigenvalue weighted by Crippen LogP contribution is -1.99. The van der Waals surface area contributed by atoms with Gasteiger partial charge in [-0.1, -0.05) is 30.3 Å². The van der Waals surface area contributed by atoms with E-state index in [0.717, 1.165) is 26.8 Å². The van der Waals surface area contributed by atoms with Crippen LogP contribution in [0.1, 0.15) is 4.88 Å². The minimum absolute atomic E-state index is 0.0280. The van der Waals surface area contributed by atoms with Crippen molar-refractivity contribution in [1.82, 2.24) is 14.5 Å². The van der Waals surface area contributed by atoms with Gasteiger partial charge in [-0.15, -0.1) is 11.3 Å². The summed E-state index contributed by atoms with van der Waals surface area (Å²) in [7, 11) is 1.89. The molecule has 0 bridgehead atoms. The number of benzene rings is 1. The predicted octanol–water partition coefficient (Wildman–Crippen LogP) is 2.84. The average molecular weight is 299 g/mol. The molecule has 0 aliphatic carbocycles. The normalized spacial score (nSPS) is 10.7. The number of hydrogen-bond donors (Lipinski definition) is 1. The molecule has 1 N–H and O–H groups in total. The third-order valence-electron chi connectivity index (χ3n) is 3.09. The number of thiazole rings is 1. The van der Waals surface area contributed by atoms with Gasteiger partial charge in [0.1, 0.15) is 5.01 Å². The third-order valence-corrected chi connectivity index (χ3v) is 4.17. The second kappa shape index (κ2) is 5.49. The summed E-state index contributed by atoms with van der Waals surface area (Å²) in [6, 6.07) is 9.64. The monoisotopic (exact) mass is 299 g/mol. The molecule has 0 fully saturated rings. The SMILES string of the molecule is Cn1cncc1-c1nc(-c2ccccc2)c(CC(=O)O)s1. The second-order valence-corrected chi connectivity index (χ2v) is 5.70. The lowest BCUT2D eigenvalue weighted by atomic mass is 10.1. The Morgan fingerprint density at radius 3 is 2.71 bits per heavy atom. The van der Waals surface area contributed by atoms with Crippen LogP contribution in [0.5, 0.6) is 0 Å². The van der Waals surface area contributed by atoms with E-state index in [0.29, 0.717) is 0 Å². The van der Waals surface area contributed by atoms with Crippen LogP contribution in [0, 0.1) is 0 Å². The van der Waals surface area contributed by atoms with Crippen molar-refractivity contribution in [3.63, 3.8) is 0 Å². The maximum atomic E-state index is 11.1. The van der Waals surface area contributed by atoms with E-state index in [4.69, 9.17) is 5.11 Å². The maximum absolute atomic E-state index is 11.1. The number of nitrogens with zero attached hydrogens (tertiary/aromatic N) is 3. The van der Waals surface area contributed by atoms with Crippen LogP contribution < -0.4 is 0 Å². The van der Waals surface area contributed by atoms with E-state index in [1.54, 1.807) is 12.5 Å². The summed E-state index contributed by atoms with van der Waals surface area (Å²) in [5.74, 6) is -0.854. The Hall–Kier alpha value is -2.47. The zero-order chi connectivity index (χ0) is 14.8. The van der Waals surface area contributed by atoms with Crippen molar-refractivity contribution in [2.45, 2.75) is 6.42 Å². The molecule has 6 heteroatoms. The molecule has 3 rings (SSSR count). The van der Waals surface area contributed by atoms with Crippen LogP contribution in [0.25, 0.3) is 22.0 Å². The smallest absolute Gasteiger partial charge is 0.308 e. The molecule has 0 amide bonds. The molecule has 0 unspecified atom stereocenters. The van der Waals surface area contributed by atoms with Gasteiger partial charge in [-0.2, -0.15) is 0 Å².